The largest absolute Gasteiger partial charge is 0.366 e. The van der Waals surface area contributed by atoms with Gasteiger partial charge >= 0.3 is 0 Å². The summed E-state index contributed by atoms with van der Waals surface area (Å²) in [5.74, 6) is 3.51. The molecule has 0 unspecified atom stereocenters. The zero-order chi connectivity index (χ0) is 13.9. The predicted molar refractivity (Wildman–Crippen MR) is 73.7 cm³/mol. The second-order valence-electron chi connectivity index (χ2n) is 6.88. The third kappa shape index (κ3) is 1.73. The highest BCUT2D eigenvalue weighted by molar-refractivity contribution is 5.90. The van der Waals surface area contributed by atoms with E-state index in [2.05, 4.69) is 15.2 Å². The maximum absolute atomic E-state index is 12.5. The highest BCUT2D eigenvalue weighted by Gasteiger charge is 2.50. The summed E-state index contributed by atoms with van der Waals surface area (Å²) in [6.07, 6.45) is 6.62. The van der Waals surface area contributed by atoms with Crippen LogP contribution < -0.4 is 5.73 Å². The summed E-state index contributed by atoms with van der Waals surface area (Å²) < 4.78 is 0. The first kappa shape index (κ1) is 12.2. The van der Waals surface area contributed by atoms with E-state index in [4.69, 9.17) is 5.73 Å². The molecule has 1 heterocycles. The number of rotatable bonds is 2. The lowest BCUT2D eigenvalue weighted by molar-refractivity contribution is -0.0493. The second kappa shape index (κ2) is 4.20. The van der Waals surface area contributed by atoms with E-state index < -0.39 is 0 Å². The van der Waals surface area contributed by atoms with Crippen LogP contribution in [0, 0.1) is 23.7 Å². The number of amides is 1. The molecule has 1 aromatic heterocycles. The highest BCUT2D eigenvalue weighted by Crippen LogP contribution is 2.55. The number of aromatic amines is 1. The van der Waals surface area contributed by atoms with Gasteiger partial charge in [0, 0.05) is 13.1 Å². The molecule has 4 aliphatic carbocycles. The molecule has 108 valence electrons. The number of nitrogens with one attached hydrogen (secondary N) is 1. The van der Waals surface area contributed by atoms with Crippen LogP contribution >= 0.6 is 0 Å². The number of hydrogen-bond acceptors (Lipinski definition) is 4. The van der Waals surface area contributed by atoms with Gasteiger partial charge in [-0.2, -0.15) is 4.98 Å². The molecule has 5 rings (SSSR count). The van der Waals surface area contributed by atoms with Crippen LogP contribution in [0.3, 0.4) is 0 Å². The molecule has 4 aliphatic rings. The van der Waals surface area contributed by atoms with Gasteiger partial charge in [0.25, 0.3) is 5.91 Å². The molecule has 6 nitrogen and oxygen atoms in total. The number of nitrogen functional groups attached to an aromatic ring is 1. The minimum Gasteiger partial charge on any atom is -0.366 e. The van der Waals surface area contributed by atoms with E-state index in [1.165, 1.54) is 32.1 Å². The second-order valence-corrected chi connectivity index (χ2v) is 6.88. The van der Waals surface area contributed by atoms with Crippen LogP contribution in [0.25, 0.3) is 0 Å². The molecule has 4 fully saturated rings. The fourth-order valence-electron chi connectivity index (χ4n) is 5.20. The summed E-state index contributed by atoms with van der Waals surface area (Å²) in [6, 6.07) is 0.377. The van der Waals surface area contributed by atoms with Gasteiger partial charge in [-0.25, -0.2) is 0 Å². The van der Waals surface area contributed by atoms with Crippen molar-refractivity contribution >= 4 is 11.9 Å². The fourth-order valence-corrected chi connectivity index (χ4v) is 5.20. The molecule has 0 atom stereocenters. The lowest BCUT2D eigenvalue weighted by Gasteiger charge is -2.56. The van der Waals surface area contributed by atoms with E-state index in [9.17, 15) is 4.79 Å². The van der Waals surface area contributed by atoms with Gasteiger partial charge < -0.3 is 10.6 Å². The molecule has 3 N–H and O–H groups in total. The van der Waals surface area contributed by atoms with Gasteiger partial charge in [0.1, 0.15) is 0 Å². The van der Waals surface area contributed by atoms with Crippen LogP contribution in [0.2, 0.25) is 0 Å². The Balaban J connectivity index is 1.56. The number of aromatic nitrogens is 3. The molecule has 1 aromatic rings. The summed E-state index contributed by atoms with van der Waals surface area (Å²) in [4.78, 5) is 18.4. The average molecular weight is 275 g/mol. The standard InChI is InChI=1S/C14H21N5O/c1-19(13(20)12-16-14(15)18-17-12)11-9-3-7-2-8(5-9)6-10(11)4-7/h7-11H,2-6H2,1H3,(H3,15,16,17,18). The Kier molecular flexibility index (Phi) is 2.56. The highest BCUT2D eigenvalue weighted by atomic mass is 16.2. The van der Waals surface area contributed by atoms with Gasteiger partial charge in [0.05, 0.1) is 0 Å². The molecule has 1 amide bonds. The van der Waals surface area contributed by atoms with Crippen LogP contribution in [0.4, 0.5) is 5.95 Å². The lowest BCUT2D eigenvalue weighted by atomic mass is 9.54. The van der Waals surface area contributed by atoms with Crippen molar-refractivity contribution in [1.82, 2.24) is 20.1 Å². The summed E-state index contributed by atoms with van der Waals surface area (Å²) in [5.41, 5.74) is 5.49. The Labute approximate surface area is 118 Å². The molecule has 0 radical (unpaired) electrons. The van der Waals surface area contributed by atoms with E-state index in [1.54, 1.807) is 0 Å². The van der Waals surface area contributed by atoms with Gasteiger partial charge in [-0.05, 0) is 55.8 Å². The van der Waals surface area contributed by atoms with Crippen molar-refractivity contribution in [3.8, 4) is 0 Å². The number of nitrogens with two attached hydrogens (primary N) is 1. The Morgan fingerprint density at radius 3 is 2.30 bits per heavy atom. The Bertz CT molecular complexity index is 511. The number of anilines is 1. The monoisotopic (exact) mass is 275 g/mol. The van der Waals surface area contributed by atoms with E-state index in [-0.39, 0.29) is 17.7 Å². The Hall–Kier alpha value is -1.59. The normalized spacial score (nSPS) is 38.1. The first-order chi connectivity index (χ1) is 9.61. The number of hydrogen-bond donors (Lipinski definition) is 2. The first-order valence-corrected chi connectivity index (χ1v) is 7.57. The van der Waals surface area contributed by atoms with Crippen molar-refractivity contribution in [3.63, 3.8) is 0 Å². The minimum atomic E-state index is -0.0772. The van der Waals surface area contributed by atoms with Crippen LogP contribution in [0.5, 0.6) is 0 Å². The van der Waals surface area contributed by atoms with Crippen molar-refractivity contribution in [2.45, 2.75) is 38.1 Å². The Morgan fingerprint density at radius 1 is 1.20 bits per heavy atom. The molecule has 4 bridgehead atoms. The van der Waals surface area contributed by atoms with Crippen LogP contribution in [0.1, 0.15) is 42.7 Å². The van der Waals surface area contributed by atoms with Crippen molar-refractivity contribution in [3.05, 3.63) is 5.82 Å². The molecule has 6 heteroatoms. The molecular formula is C14H21N5O. The average Bonchev–Trinajstić information content (AvgIpc) is 2.83. The van der Waals surface area contributed by atoms with Gasteiger partial charge in [-0.1, -0.05) is 0 Å². The minimum absolute atomic E-state index is 0.0772. The zero-order valence-electron chi connectivity index (χ0n) is 11.7. The van der Waals surface area contributed by atoms with Crippen LogP contribution in [-0.4, -0.2) is 39.1 Å². The third-order valence-electron chi connectivity index (χ3n) is 5.65. The topological polar surface area (TPSA) is 87.9 Å². The molecule has 0 aromatic carbocycles. The molecule has 0 aliphatic heterocycles. The molecule has 0 spiro atoms. The van der Waals surface area contributed by atoms with E-state index in [0.717, 1.165) is 11.8 Å². The molecular weight excluding hydrogens is 254 g/mol. The quantitative estimate of drug-likeness (QED) is 0.851. The van der Waals surface area contributed by atoms with E-state index >= 15 is 0 Å². The third-order valence-corrected chi connectivity index (χ3v) is 5.65. The first-order valence-electron chi connectivity index (χ1n) is 7.57. The smallest absolute Gasteiger partial charge is 0.291 e. The molecule has 20 heavy (non-hydrogen) atoms. The number of carbonyl (C=O) groups is 1. The number of carbonyl (C=O) groups excluding carboxylic acids is 1. The zero-order valence-corrected chi connectivity index (χ0v) is 11.7. The van der Waals surface area contributed by atoms with Crippen molar-refractivity contribution in [1.29, 1.82) is 0 Å². The van der Waals surface area contributed by atoms with Crippen LogP contribution in [0.15, 0.2) is 0 Å². The maximum atomic E-state index is 12.5. The van der Waals surface area contributed by atoms with Gasteiger partial charge in [-0.15, -0.1) is 5.10 Å². The Morgan fingerprint density at radius 2 is 1.80 bits per heavy atom. The molecule has 4 saturated carbocycles. The number of H-pyrrole nitrogens is 1. The van der Waals surface area contributed by atoms with Crippen molar-refractivity contribution in [2.24, 2.45) is 23.7 Å². The predicted octanol–water partition coefficient (Wildman–Crippen LogP) is 1.28. The summed E-state index contributed by atoms with van der Waals surface area (Å²) >= 11 is 0. The van der Waals surface area contributed by atoms with Crippen molar-refractivity contribution < 1.29 is 4.79 Å². The summed E-state index contributed by atoms with van der Waals surface area (Å²) in [5, 5.41) is 6.38. The van der Waals surface area contributed by atoms with Crippen molar-refractivity contribution in [2.75, 3.05) is 12.8 Å². The van der Waals surface area contributed by atoms with E-state index in [1.807, 2.05) is 11.9 Å². The van der Waals surface area contributed by atoms with Gasteiger partial charge in [0.2, 0.25) is 11.8 Å². The van der Waals surface area contributed by atoms with Gasteiger partial charge in [0.15, 0.2) is 0 Å². The fraction of sp³-hybridized carbons (Fsp3) is 0.786. The number of nitrogens with zero attached hydrogens (tertiary/aromatic N) is 3. The van der Waals surface area contributed by atoms with E-state index in [0.29, 0.717) is 17.9 Å². The maximum Gasteiger partial charge on any atom is 0.291 e. The summed E-state index contributed by atoms with van der Waals surface area (Å²) in [6.45, 7) is 0. The summed E-state index contributed by atoms with van der Waals surface area (Å²) in [7, 11) is 1.91. The molecule has 0 saturated heterocycles. The van der Waals surface area contributed by atoms with Crippen LogP contribution in [-0.2, 0) is 0 Å². The SMILES string of the molecule is CN(C(=O)c1nc(N)n[nH]1)C1C2CC3CC(C2)CC1C3. The van der Waals surface area contributed by atoms with Gasteiger partial charge in [-0.3, -0.25) is 9.89 Å². The lowest BCUT2D eigenvalue weighted by Crippen LogP contribution is -2.56.